The summed E-state index contributed by atoms with van der Waals surface area (Å²) in [4.78, 5) is 11.6. The van der Waals surface area contributed by atoms with Crippen molar-refractivity contribution in [2.45, 2.75) is 64.5 Å². The summed E-state index contributed by atoms with van der Waals surface area (Å²) < 4.78 is 0. The van der Waals surface area contributed by atoms with Crippen molar-refractivity contribution in [3.63, 3.8) is 0 Å². The number of aliphatic hydroxyl groups excluding tert-OH is 1. The van der Waals surface area contributed by atoms with Crippen molar-refractivity contribution in [1.29, 1.82) is 0 Å². The number of rotatable bonds is 5. The number of carbonyl (C=O) groups is 1. The molecular weight excluding hydrogens is 216 g/mol. The van der Waals surface area contributed by atoms with Gasteiger partial charge in [-0.25, -0.2) is 4.79 Å². The van der Waals surface area contributed by atoms with Crippen LogP contribution in [0.1, 0.15) is 52.4 Å². The molecule has 1 fully saturated rings. The first-order valence-corrected chi connectivity index (χ1v) is 6.86. The lowest BCUT2D eigenvalue weighted by Gasteiger charge is -2.24. The smallest absolute Gasteiger partial charge is 0.315 e. The fourth-order valence-corrected chi connectivity index (χ4v) is 2.15. The van der Waals surface area contributed by atoms with Gasteiger partial charge in [-0.05, 0) is 18.8 Å². The first-order valence-electron chi connectivity index (χ1n) is 6.86. The Balaban J connectivity index is 2.16. The molecular formula is C13H26N2O2. The van der Waals surface area contributed by atoms with E-state index < -0.39 is 6.10 Å². The molecule has 17 heavy (non-hydrogen) atoms. The summed E-state index contributed by atoms with van der Waals surface area (Å²) in [6, 6.07) is 0.184. The first kappa shape index (κ1) is 14.3. The van der Waals surface area contributed by atoms with Gasteiger partial charge in [0.15, 0.2) is 0 Å². The molecule has 1 aliphatic rings. The molecule has 100 valence electrons. The summed E-state index contributed by atoms with van der Waals surface area (Å²) in [5.74, 6) is 0.227. The van der Waals surface area contributed by atoms with Crippen LogP contribution in [0.4, 0.5) is 4.79 Å². The Kier molecular flexibility index (Phi) is 6.34. The van der Waals surface area contributed by atoms with E-state index in [0.717, 1.165) is 19.3 Å². The highest BCUT2D eigenvalue weighted by molar-refractivity contribution is 5.74. The van der Waals surface area contributed by atoms with Gasteiger partial charge in [-0.3, -0.25) is 0 Å². The molecule has 0 aromatic heterocycles. The Hall–Kier alpha value is -0.770. The van der Waals surface area contributed by atoms with Crippen molar-refractivity contribution < 1.29 is 9.90 Å². The summed E-state index contributed by atoms with van der Waals surface area (Å²) in [7, 11) is 0. The third kappa shape index (κ3) is 5.39. The highest BCUT2D eigenvalue weighted by atomic mass is 16.3. The van der Waals surface area contributed by atoms with E-state index in [9.17, 15) is 9.90 Å². The van der Waals surface area contributed by atoms with Crippen LogP contribution < -0.4 is 10.6 Å². The molecule has 0 aromatic rings. The maximum atomic E-state index is 11.6. The normalized spacial score (nSPS) is 20.6. The molecule has 0 aliphatic heterocycles. The van der Waals surface area contributed by atoms with Crippen LogP contribution in [0.2, 0.25) is 0 Å². The molecule has 0 saturated heterocycles. The van der Waals surface area contributed by atoms with Gasteiger partial charge in [0.1, 0.15) is 0 Å². The quantitative estimate of drug-likeness (QED) is 0.690. The van der Waals surface area contributed by atoms with E-state index in [1.54, 1.807) is 0 Å². The van der Waals surface area contributed by atoms with Crippen LogP contribution in [0, 0.1) is 5.92 Å². The molecule has 0 aromatic carbocycles. The molecule has 3 N–H and O–H groups in total. The average molecular weight is 242 g/mol. The second-order valence-corrected chi connectivity index (χ2v) is 5.14. The highest BCUT2D eigenvalue weighted by Gasteiger charge is 2.17. The highest BCUT2D eigenvalue weighted by Crippen LogP contribution is 2.17. The maximum absolute atomic E-state index is 11.6. The fraction of sp³-hybridized carbons (Fsp3) is 0.923. The van der Waals surface area contributed by atoms with Crippen LogP contribution in [0.3, 0.4) is 0 Å². The zero-order valence-corrected chi connectivity index (χ0v) is 11.0. The van der Waals surface area contributed by atoms with Crippen LogP contribution in [0.5, 0.6) is 0 Å². The Morgan fingerprint density at radius 2 is 2.00 bits per heavy atom. The van der Waals surface area contributed by atoms with Gasteiger partial charge in [-0.2, -0.15) is 0 Å². The molecule has 1 saturated carbocycles. The van der Waals surface area contributed by atoms with Gasteiger partial charge in [-0.15, -0.1) is 0 Å². The maximum Gasteiger partial charge on any atom is 0.315 e. The third-order valence-corrected chi connectivity index (χ3v) is 3.71. The molecule has 4 heteroatoms. The predicted molar refractivity (Wildman–Crippen MR) is 68.9 cm³/mol. The number of urea groups is 1. The van der Waals surface area contributed by atoms with Crippen LogP contribution in [0.15, 0.2) is 0 Å². The molecule has 1 aliphatic carbocycles. The van der Waals surface area contributed by atoms with Gasteiger partial charge < -0.3 is 15.7 Å². The van der Waals surface area contributed by atoms with Crippen molar-refractivity contribution in [2.75, 3.05) is 6.54 Å². The second kappa shape index (κ2) is 7.54. The number of hydrogen-bond donors (Lipinski definition) is 3. The minimum absolute atomic E-state index is 0.140. The molecule has 0 bridgehead atoms. The van der Waals surface area contributed by atoms with Gasteiger partial charge >= 0.3 is 6.03 Å². The molecule has 0 radical (unpaired) electrons. The second-order valence-electron chi connectivity index (χ2n) is 5.14. The van der Waals surface area contributed by atoms with Crippen molar-refractivity contribution in [2.24, 2.45) is 5.92 Å². The summed E-state index contributed by atoms with van der Waals surface area (Å²) in [6.45, 7) is 4.37. The molecule has 0 spiro atoms. The van der Waals surface area contributed by atoms with E-state index >= 15 is 0 Å². The van der Waals surface area contributed by atoms with Crippen molar-refractivity contribution >= 4 is 6.03 Å². The zero-order valence-electron chi connectivity index (χ0n) is 11.0. The van der Waals surface area contributed by atoms with E-state index in [2.05, 4.69) is 10.6 Å². The lowest BCUT2D eigenvalue weighted by atomic mass is 9.96. The average Bonchev–Trinajstić information content (AvgIpc) is 2.36. The number of amides is 2. The van der Waals surface area contributed by atoms with Gasteiger partial charge in [-0.1, -0.05) is 39.5 Å². The Bertz CT molecular complexity index is 227. The van der Waals surface area contributed by atoms with Gasteiger partial charge in [0.25, 0.3) is 0 Å². The molecule has 0 heterocycles. The Morgan fingerprint density at radius 3 is 2.59 bits per heavy atom. The topological polar surface area (TPSA) is 61.4 Å². The minimum Gasteiger partial charge on any atom is -0.391 e. The molecule has 2 amide bonds. The fourth-order valence-electron chi connectivity index (χ4n) is 2.15. The minimum atomic E-state index is -0.447. The van der Waals surface area contributed by atoms with Crippen molar-refractivity contribution in [3.8, 4) is 0 Å². The van der Waals surface area contributed by atoms with Crippen LogP contribution in [-0.2, 0) is 0 Å². The largest absolute Gasteiger partial charge is 0.391 e. The standard InChI is InChI=1S/C13H26N2O2/c1-3-10(2)12(16)9-14-13(17)15-11-7-5-4-6-8-11/h10-12,16H,3-9H2,1-2H3,(H2,14,15,17). The Labute approximate surface area is 104 Å². The van der Waals surface area contributed by atoms with E-state index in [4.69, 9.17) is 0 Å². The molecule has 4 nitrogen and oxygen atoms in total. The SMILES string of the molecule is CCC(C)C(O)CNC(=O)NC1CCCCC1. The van der Waals surface area contributed by atoms with Gasteiger partial charge in [0.05, 0.1) is 6.10 Å². The van der Waals surface area contributed by atoms with Gasteiger partial charge in [0.2, 0.25) is 0 Å². The van der Waals surface area contributed by atoms with Gasteiger partial charge in [0, 0.05) is 12.6 Å². The van der Waals surface area contributed by atoms with E-state index in [1.807, 2.05) is 13.8 Å². The monoisotopic (exact) mass is 242 g/mol. The predicted octanol–water partition coefficient (Wildman–Crippen LogP) is 2.03. The van der Waals surface area contributed by atoms with E-state index in [-0.39, 0.29) is 11.9 Å². The van der Waals surface area contributed by atoms with Crippen LogP contribution in [-0.4, -0.2) is 29.8 Å². The Morgan fingerprint density at radius 1 is 1.35 bits per heavy atom. The third-order valence-electron chi connectivity index (χ3n) is 3.71. The van der Waals surface area contributed by atoms with Crippen molar-refractivity contribution in [1.82, 2.24) is 10.6 Å². The molecule has 2 unspecified atom stereocenters. The zero-order chi connectivity index (χ0) is 12.7. The summed E-state index contributed by atoms with van der Waals surface area (Å²) in [5.41, 5.74) is 0. The lowest BCUT2D eigenvalue weighted by molar-refractivity contribution is 0.114. The summed E-state index contributed by atoms with van der Waals surface area (Å²) >= 11 is 0. The number of carbonyl (C=O) groups excluding carboxylic acids is 1. The van der Waals surface area contributed by atoms with E-state index in [0.29, 0.717) is 12.6 Å². The number of nitrogens with one attached hydrogen (secondary N) is 2. The summed E-state index contributed by atoms with van der Waals surface area (Å²) in [5, 5.41) is 15.4. The van der Waals surface area contributed by atoms with Crippen LogP contribution in [0.25, 0.3) is 0 Å². The number of hydrogen-bond acceptors (Lipinski definition) is 2. The number of aliphatic hydroxyl groups is 1. The van der Waals surface area contributed by atoms with E-state index in [1.165, 1.54) is 19.3 Å². The first-order chi connectivity index (χ1) is 8.13. The molecule has 1 rings (SSSR count). The summed E-state index contributed by atoms with van der Waals surface area (Å²) in [6.07, 6.45) is 6.35. The molecule has 2 atom stereocenters. The lowest BCUT2D eigenvalue weighted by Crippen LogP contribution is -2.45. The van der Waals surface area contributed by atoms with Crippen LogP contribution >= 0.6 is 0 Å². The van der Waals surface area contributed by atoms with Crippen molar-refractivity contribution in [3.05, 3.63) is 0 Å².